The standard InChI is InChI=1S/C21H24N2O3/c1-9-12-7-14-21(2)10(8-23(9)14)3-4-13(24)15-11-5-6-26-20(25)16(11)17(18(15)21)19(12)22/h9-10,12,14H,3-8,22H2,1-2H3/t9-,10+,12+,14+,21+/m0/s1. The lowest BCUT2D eigenvalue weighted by Crippen LogP contribution is -2.40. The van der Waals surface area contributed by atoms with Gasteiger partial charge < -0.3 is 10.5 Å². The van der Waals surface area contributed by atoms with Crippen molar-refractivity contribution in [3.8, 4) is 0 Å². The predicted molar refractivity (Wildman–Crippen MR) is 94.7 cm³/mol. The van der Waals surface area contributed by atoms with Crippen LogP contribution in [0.15, 0.2) is 33.6 Å². The van der Waals surface area contributed by atoms with Crippen molar-refractivity contribution in [3.63, 3.8) is 0 Å². The largest absolute Gasteiger partial charge is 0.462 e. The molecule has 6 aliphatic rings. The number of esters is 1. The summed E-state index contributed by atoms with van der Waals surface area (Å²) in [6.07, 6.45) is 3.19. The Morgan fingerprint density at radius 2 is 2.00 bits per heavy atom. The fourth-order valence-corrected chi connectivity index (χ4v) is 7.06. The van der Waals surface area contributed by atoms with Gasteiger partial charge in [-0.25, -0.2) is 4.79 Å². The fourth-order valence-electron chi connectivity index (χ4n) is 7.06. The van der Waals surface area contributed by atoms with Crippen LogP contribution in [0, 0.1) is 17.3 Å². The van der Waals surface area contributed by atoms with Gasteiger partial charge in [0.25, 0.3) is 0 Å². The Morgan fingerprint density at radius 3 is 2.81 bits per heavy atom. The Bertz CT molecular complexity index is 895. The Kier molecular flexibility index (Phi) is 2.63. The van der Waals surface area contributed by atoms with Crippen molar-refractivity contribution in [2.75, 3.05) is 13.2 Å². The second-order valence-electron chi connectivity index (χ2n) is 9.06. The molecule has 0 radical (unpaired) electrons. The van der Waals surface area contributed by atoms with E-state index in [1.807, 2.05) is 0 Å². The smallest absolute Gasteiger partial charge is 0.339 e. The van der Waals surface area contributed by atoms with Gasteiger partial charge in [0.15, 0.2) is 5.78 Å². The number of rotatable bonds is 0. The van der Waals surface area contributed by atoms with Crippen LogP contribution in [0.4, 0.5) is 0 Å². The highest BCUT2D eigenvalue weighted by Gasteiger charge is 2.64. The van der Waals surface area contributed by atoms with Gasteiger partial charge in [0.1, 0.15) is 0 Å². The van der Waals surface area contributed by atoms with Gasteiger partial charge in [0, 0.05) is 59.6 Å². The Morgan fingerprint density at radius 1 is 1.19 bits per heavy atom. The zero-order valence-corrected chi connectivity index (χ0v) is 15.3. The van der Waals surface area contributed by atoms with Gasteiger partial charge in [-0.1, -0.05) is 6.92 Å². The number of cyclic esters (lactones) is 1. The lowest BCUT2D eigenvalue weighted by molar-refractivity contribution is -0.139. The molecular weight excluding hydrogens is 328 g/mol. The highest BCUT2D eigenvalue weighted by molar-refractivity contribution is 6.11. The summed E-state index contributed by atoms with van der Waals surface area (Å²) >= 11 is 0. The van der Waals surface area contributed by atoms with Crippen molar-refractivity contribution in [1.29, 1.82) is 0 Å². The molecule has 2 fully saturated rings. The van der Waals surface area contributed by atoms with Crippen LogP contribution < -0.4 is 5.73 Å². The number of ketones is 1. The summed E-state index contributed by atoms with van der Waals surface area (Å²) in [6, 6.07) is 0.804. The van der Waals surface area contributed by atoms with Crippen LogP contribution in [0.5, 0.6) is 0 Å². The van der Waals surface area contributed by atoms with Gasteiger partial charge in [-0.15, -0.1) is 0 Å². The van der Waals surface area contributed by atoms with E-state index in [4.69, 9.17) is 10.5 Å². The maximum Gasteiger partial charge on any atom is 0.339 e. The SMILES string of the molecule is C[C@H]1[C@H]2C[C@H]3N1C[C@H]1CCC(=O)C4=C(C(=C2N)C2=C4CCOC2=O)[C@]13C. The minimum atomic E-state index is -0.287. The molecule has 0 aromatic carbocycles. The van der Waals surface area contributed by atoms with Crippen LogP contribution in [0.2, 0.25) is 0 Å². The number of carbonyl (C=O) groups excluding carboxylic acids is 2. The molecule has 5 nitrogen and oxygen atoms in total. The van der Waals surface area contributed by atoms with E-state index in [2.05, 4.69) is 18.7 Å². The first-order chi connectivity index (χ1) is 12.4. The minimum Gasteiger partial charge on any atom is -0.462 e. The topological polar surface area (TPSA) is 72.6 Å². The van der Waals surface area contributed by atoms with Crippen LogP contribution in [0.1, 0.15) is 39.5 Å². The summed E-state index contributed by atoms with van der Waals surface area (Å²) < 4.78 is 5.39. The molecule has 3 heterocycles. The third-order valence-electron chi connectivity index (χ3n) is 8.32. The van der Waals surface area contributed by atoms with Crippen molar-refractivity contribution in [2.45, 2.75) is 51.6 Å². The van der Waals surface area contributed by atoms with E-state index in [1.165, 1.54) is 0 Å². The molecule has 0 saturated carbocycles. The molecule has 2 saturated heterocycles. The third-order valence-corrected chi connectivity index (χ3v) is 8.32. The normalized spacial score (nSPS) is 43.8. The summed E-state index contributed by atoms with van der Waals surface area (Å²) in [5, 5.41) is 0. The summed E-state index contributed by atoms with van der Waals surface area (Å²) in [5.41, 5.74) is 11.9. The van der Waals surface area contributed by atoms with Crippen molar-refractivity contribution in [3.05, 3.63) is 33.6 Å². The number of allylic oxidation sites excluding steroid dienone is 1. The molecule has 0 spiro atoms. The Labute approximate surface area is 152 Å². The first-order valence-electron chi connectivity index (χ1n) is 9.89. The van der Waals surface area contributed by atoms with Gasteiger partial charge >= 0.3 is 5.97 Å². The van der Waals surface area contributed by atoms with Crippen LogP contribution >= 0.6 is 0 Å². The van der Waals surface area contributed by atoms with Gasteiger partial charge in [-0.05, 0) is 36.8 Å². The number of hydrogen-bond acceptors (Lipinski definition) is 5. The zero-order valence-electron chi connectivity index (χ0n) is 15.3. The highest BCUT2D eigenvalue weighted by atomic mass is 16.5. The first kappa shape index (κ1) is 15.2. The molecule has 2 bridgehead atoms. The molecule has 3 aliphatic heterocycles. The molecule has 0 amide bonds. The van der Waals surface area contributed by atoms with Crippen LogP contribution in [-0.2, 0) is 14.3 Å². The van der Waals surface area contributed by atoms with Crippen molar-refractivity contribution in [1.82, 2.24) is 4.90 Å². The molecule has 5 heteroatoms. The monoisotopic (exact) mass is 352 g/mol. The average Bonchev–Trinajstić information content (AvgIpc) is 3.18. The summed E-state index contributed by atoms with van der Waals surface area (Å²) in [6.45, 7) is 6.02. The molecule has 2 N–H and O–H groups in total. The van der Waals surface area contributed by atoms with Crippen molar-refractivity contribution < 1.29 is 14.3 Å². The quantitative estimate of drug-likeness (QED) is 0.674. The lowest BCUT2D eigenvalue weighted by atomic mass is 9.66. The molecule has 6 rings (SSSR count). The third kappa shape index (κ3) is 1.43. The number of carbonyl (C=O) groups is 2. The first-order valence-corrected chi connectivity index (χ1v) is 9.89. The minimum absolute atomic E-state index is 0.0986. The maximum absolute atomic E-state index is 13.2. The van der Waals surface area contributed by atoms with E-state index in [9.17, 15) is 9.59 Å². The van der Waals surface area contributed by atoms with E-state index in [0.29, 0.717) is 43.0 Å². The van der Waals surface area contributed by atoms with E-state index in [1.54, 1.807) is 0 Å². The Balaban J connectivity index is 1.74. The summed E-state index contributed by atoms with van der Waals surface area (Å²) in [5.74, 6) is 0.624. The lowest BCUT2D eigenvalue weighted by Gasteiger charge is -2.38. The van der Waals surface area contributed by atoms with Gasteiger partial charge in [-0.3, -0.25) is 9.69 Å². The second-order valence-corrected chi connectivity index (χ2v) is 9.06. The average molecular weight is 352 g/mol. The van der Waals surface area contributed by atoms with Gasteiger partial charge in [-0.2, -0.15) is 0 Å². The number of nitrogens with two attached hydrogens (primary N) is 1. The second kappa shape index (κ2) is 4.50. The number of fused-ring (bicyclic) bond motifs is 3. The van der Waals surface area contributed by atoms with Crippen LogP contribution in [0.25, 0.3) is 0 Å². The molecule has 0 unspecified atom stereocenters. The molecule has 5 atom stereocenters. The molecule has 0 aromatic rings. The van der Waals surface area contributed by atoms with Gasteiger partial charge in [0.05, 0.1) is 12.2 Å². The molecule has 136 valence electrons. The van der Waals surface area contributed by atoms with E-state index in [0.717, 1.165) is 47.4 Å². The van der Waals surface area contributed by atoms with Crippen molar-refractivity contribution >= 4 is 11.8 Å². The zero-order chi connectivity index (χ0) is 18.0. The number of nitrogens with zero attached hydrogens (tertiary/aromatic N) is 1. The molecular formula is C21H24N2O3. The predicted octanol–water partition coefficient (Wildman–Crippen LogP) is 1.84. The fraction of sp³-hybridized carbons (Fsp3) is 0.619. The number of hydrogen-bond donors (Lipinski definition) is 1. The highest BCUT2D eigenvalue weighted by Crippen LogP contribution is 2.65. The van der Waals surface area contributed by atoms with Gasteiger partial charge in [0.2, 0.25) is 0 Å². The van der Waals surface area contributed by atoms with E-state index >= 15 is 0 Å². The van der Waals surface area contributed by atoms with Crippen molar-refractivity contribution in [2.24, 2.45) is 23.0 Å². The van der Waals surface area contributed by atoms with E-state index in [-0.39, 0.29) is 23.1 Å². The van der Waals surface area contributed by atoms with Crippen LogP contribution in [-0.4, -0.2) is 41.9 Å². The summed E-state index contributed by atoms with van der Waals surface area (Å²) in [4.78, 5) is 28.5. The number of Topliss-reactive ketones (excluding diaryl/α,β-unsaturated/α-hetero) is 1. The van der Waals surface area contributed by atoms with E-state index < -0.39 is 0 Å². The molecule has 0 aromatic heterocycles. The maximum atomic E-state index is 13.2. The molecule has 26 heavy (non-hydrogen) atoms. The molecule has 3 aliphatic carbocycles. The van der Waals surface area contributed by atoms with Crippen LogP contribution in [0.3, 0.4) is 0 Å². The Hall–Kier alpha value is -1.88. The summed E-state index contributed by atoms with van der Waals surface area (Å²) in [7, 11) is 0. The number of ether oxygens (including phenoxy) is 1.